The third-order valence-corrected chi connectivity index (χ3v) is 4.79. The van der Waals surface area contributed by atoms with Gasteiger partial charge in [0.15, 0.2) is 0 Å². The van der Waals surface area contributed by atoms with Crippen LogP contribution in [0.2, 0.25) is 5.02 Å². The van der Waals surface area contributed by atoms with E-state index in [0.29, 0.717) is 21.6 Å². The number of pyridine rings is 1. The maximum absolute atomic E-state index is 14.6. The lowest BCUT2D eigenvalue weighted by Crippen LogP contribution is -2.17. The van der Waals surface area contributed by atoms with Crippen molar-refractivity contribution in [1.82, 2.24) is 9.97 Å². The Balaban J connectivity index is 1.86. The average Bonchev–Trinajstić information content (AvgIpc) is 3.11. The summed E-state index contributed by atoms with van der Waals surface area (Å²) in [7, 11) is 0. The number of rotatable bonds is 4. The Morgan fingerprint density at radius 1 is 1.00 bits per heavy atom. The van der Waals surface area contributed by atoms with Gasteiger partial charge >= 0.3 is 0 Å². The minimum Gasteiger partial charge on any atom is -0.366 e. The number of H-pyrrole nitrogens is 1. The fourth-order valence-corrected chi connectivity index (χ4v) is 3.20. The van der Waals surface area contributed by atoms with Gasteiger partial charge in [-0.1, -0.05) is 23.7 Å². The number of benzene rings is 2. The van der Waals surface area contributed by atoms with E-state index in [1.54, 1.807) is 36.5 Å². The van der Waals surface area contributed by atoms with Gasteiger partial charge in [-0.25, -0.2) is 13.8 Å². The Kier molecular flexibility index (Phi) is 4.60. The molecular formula is C21H12ClF2N3O2. The number of nitrogens with one attached hydrogen (secondary N) is 1. The average molecular weight is 412 g/mol. The molecule has 0 saturated carbocycles. The molecule has 2 aromatic carbocycles. The zero-order valence-corrected chi connectivity index (χ0v) is 15.4. The molecule has 29 heavy (non-hydrogen) atoms. The number of fused-ring (bicyclic) bond motifs is 1. The lowest BCUT2D eigenvalue weighted by Gasteiger charge is -2.07. The first-order valence-corrected chi connectivity index (χ1v) is 8.80. The van der Waals surface area contributed by atoms with Gasteiger partial charge in [-0.2, -0.15) is 0 Å². The number of carbonyl (C=O) groups is 2. The summed E-state index contributed by atoms with van der Waals surface area (Å²) in [5.41, 5.74) is 5.57. The number of amides is 1. The van der Waals surface area contributed by atoms with Crippen molar-refractivity contribution in [2.75, 3.05) is 0 Å². The van der Waals surface area contributed by atoms with Crippen LogP contribution in [-0.2, 0) is 0 Å². The molecule has 0 aliphatic carbocycles. The Bertz CT molecular complexity index is 1280. The number of halogens is 3. The summed E-state index contributed by atoms with van der Waals surface area (Å²) in [5.74, 6) is -4.40. The van der Waals surface area contributed by atoms with Crippen molar-refractivity contribution < 1.29 is 18.4 Å². The molecule has 0 spiro atoms. The predicted octanol–water partition coefficient (Wildman–Crippen LogP) is 4.49. The molecule has 1 amide bonds. The van der Waals surface area contributed by atoms with Crippen molar-refractivity contribution in [2.24, 2.45) is 5.73 Å². The van der Waals surface area contributed by atoms with E-state index in [1.165, 1.54) is 6.20 Å². The van der Waals surface area contributed by atoms with E-state index in [1.807, 2.05) is 0 Å². The summed E-state index contributed by atoms with van der Waals surface area (Å²) in [6.07, 6.45) is 2.92. The molecule has 8 heteroatoms. The number of nitrogens with two attached hydrogens (primary N) is 1. The number of ketones is 1. The molecule has 2 heterocycles. The Morgan fingerprint density at radius 2 is 1.72 bits per heavy atom. The molecule has 4 rings (SSSR count). The number of hydrogen-bond acceptors (Lipinski definition) is 3. The molecule has 0 radical (unpaired) electrons. The molecule has 4 aromatic rings. The summed E-state index contributed by atoms with van der Waals surface area (Å²) in [6, 6.07) is 10.4. The zero-order valence-electron chi connectivity index (χ0n) is 14.7. The normalized spacial score (nSPS) is 11.0. The Labute approximate surface area is 168 Å². The van der Waals surface area contributed by atoms with Crippen molar-refractivity contribution >= 4 is 34.3 Å². The molecular weight excluding hydrogens is 400 g/mol. The summed E-state index contributed by atoms with van der Waals surface area (Å²) in [4.78, 5) is 31.4. The monoisotopic (exact) mass is 411 g/mol. The summed E-state index contributed by atoms with van der Waals surface area (Å²) < 4.78 is 28.9. The highest BCUT2D eigenvalue weighted by Crippen LogP contribution is 2.28. The smallest absolute Gasteiger partial charge is 0.251 e. The maximum Gasteiger partial charge on any atom is 0.251 e. The Morgan fingerprint density at radius 3 is 2.41 bits per heavy atom. The van der Waals surface area contributed by atoms with Crippen molar-refractivity contribution in [2.45, 2.75) is 0 Å². The molecule has 0 atom stereocenters. The van der Waals surface area contributed by atoms with Crippen molar-refractivity contribution in [3.05, 3.63) is 88.2 Å². The summed E-state index contributed by atoms with van der Waals surface area (Å²) >= 11 is 5.91. The van der Waals surface area contributed by atoms with Crippen molar-refractivity contribution in [3.63, 3.8) is 0 Å². The first kappa shape index (κ1) is 18.8. The van der Waals surface area contributed by atoms with Crippen LogP contribution in [0.4, 0.5) is 8.78 Å². The minimum atomic E-state index is -1.29. The number of aromatic nitrogens is 2. The van der Waals surface area contributed by atoms with Crippen LogP contribution >= 0.6 is 11.6 Å². The second-order valence-electron chi connectivity index (χ2n) is 6.31. The van der Waals surface area contributed by atoms with E-state index >= 15 is 0 Å². The topological polar surface area (TPSA) is 88.8 Å². The lowest BCUT2D eigenvalue weighted by molar-refractivity contribution is 0.0996. The van der Waals surface area contributed by atoms with E-state index in [4.69, 9.17) is 17.3 Å². The van der Waals surface area contributed by atoms with Gasteiger partial charge in [-0.3, -0.25) is 9.59 Å². The van der Waals surface area contributed by atoms with E-state index in [9.17, 15) is 18.4 Å². The lowest BCUT2D eigenvalue weighted by atomic mass is 9.98. The molecule has 0 saturated heterocycles. The zero-order chi connectivity index (χ0) is 20.7. The second kappa shape index (κ2) is 7.10. The van der Waals surface area contributed by atoms with Crippen LogP contribution in [0.1, 0.15) is 26.3 Å². The van der Waals surface area contributed by atoms with Gasteiger partial charge < -0.3 is 10.7 Å². The standard InChI is InChI=1S/C21H12ClF2N3O2/c22-12-3-1-10(2-4-12)11-7-14-15(9-27-21(14)26-8-11)19(28)17-16(23)6-5-13(18(17)24)20(25)29/h1-9H,(H2,25,29)(H,26,27). The van der Waals surface area contributed by atoms with Gasteiger partial charge in [0, 0.05) is 33.9 Å². The van der Waals surface area contributed by atoms with Crippen LogP contribution < -0.4 is 5.73 Å². The van der Waals surface area contributed by atoms with Crippen LogP contribution in [-0.4, -0.2) is 21.7 Å². The number of nitrogens with zero attached hydrogens (tertiary/aromatic N) is 1. The summed E-state index contributed by atoms with van der Waals surface area (Å²) in [5, 5.41) is 0.950. The first-order chi connectivity index (χ1) is 13.9. The largest absolute Gasteiger partial charge is 0.366 e. The third-order valence-electron chi connectivity index (χ3n) is 4.54. The van der Waals surface area contributed by atoms with Crippen molar-refractivity contribution in [3.8, 4) is 11.1 Å². The highest BCUT2D eigenvalue weighted by atomic mass is 35.5. The molecule has 0 aliphatic heterocycles. The van der Waals surface area contributed by atoms with Crippen molar-refractivity contribution in [1.29, 1.82) is 0 Å². The van der Waals surface area contributed by atoms with E-state index in [2.05, 4.69) is 9.97 Å². The van der Waals surface area contributed by atoms with E-state index < -0.39 is 34.5 Å². The van der Waals surface area contributed by atoms with Gasteiger partial charge in [0.25, 0.3) is 5.91 Å². The van der Waals surface area contributed by atoms with Crippen LogP contribution in [0, 0.1) is 11.6 Å². The first-order valence-electron chi connectivity index (χ1n) is 8.42. The Hall–Kier alpha value is -3.58. The molecule has 144 valence electrons. The number of primary amides is 1. The number of carbonyl (C=O) groups excluding carboxylic acids is 2. The van der Waals surface area contributed by atoms with Gasteiger partial charge in [-0.05, 0) is 35.9 Å². The SMILES string of the molecule is NC(=O)c1ccc(F)c(C(=O)c2c[nH]c3ncc(-c4ccc(Cl)cc4)cc23)c1F. The van der Waals surface area contributed by atoms with Crippen LogP contribution in [0.3, 0.4) is 0 Å². The van der Waals surface area contributed by atoms with Gasteiger partial charge in [-0.15, -0.1) is 0 Å². The van der Waals surface area contributed by atoms with Crippen LogP contribution in [0.5, 0.6) is 0 Å². The van der Waals surface area contributed by atoms with Gasteiger partial charge in [0.05, 0.1) is 11.1 Å². The molecule has 5 nitrogen and oxygen atoms in total. The predicted molar refractivity (Wildman–Crippen MR) is 105 cm³/mol. The molecule has 3 N–H and O–H groups in total. The highest BCUT2D eigenvalue weighted by molar-refractivity contribution is 6.30. The molecule has 2 aromatic heterocycles. The van der Waals surface area contributed by atoms with Crippen LogP contribution in [0.25, 0.3) is 22.2 Å². The highest BCUT2D eigenvalue weighted by Gasteiger charge is 2.25. The fraction of sp³-hybridized carbons (Fsp3) is 0. The fourth-order valence-electron chi connectivity index (χ4n) is 3.08. The van der Waals surface area contributed by atoms with Gasteiger partial charge in [0.2, 0.25) is 5.78 Å². The quantitative estimate of drug-likeness (QED) is 0.485. The second-order valence-corrected chi connectivity index (χ2v) is 6.74. The molecule has 0 bridgehead atoms. The van der Waals surface area contributed by atoms with Gasteiger partial charge in [0.1, 0.15) is 17.3 Å². The molecule has 0 aliphatic rings. The van der Waals surface area contributed by atoms with E-state index in [0.717, 1.165) is 17.7 Å². The molecule has 0 fully saturated rings. The summed E-state index contributed by atoms with van der Waals surface area (Å²) in [6.45, 7) is 0. The van der Waals surface area contributed by atoms with Crippen LogP contribution in [0.15, 0.2) is 54.9 Å². The molecule has 0 unspecified atom stereocenters. The number of hydrogen-bond donors (Lipinski definition) is 2. The number of aromatic amines is 1. The van der Waals surface area contributed by atoms with E-state index in [-0.39, 0.29) is 5.56 Å². The maximum atomic E-state index is 14.6. The minimum absolute atomic E-state index is 0.0164. The third kappa shape index (κ3) is 3.25.